The Morgan fingerprint density at radius 1 is 1.65 bits per heavy atom. The summed E-state index contributed by atoms with van der Waals surface area (Å²) in [6, 6.07) is 0. The number of rotatable bonds is 4. The Balaban J connectivity index is 1.87. The molecule has 1 heterocycles. The molecule has 0 saturated carbocycles. The van der Waals surface area contributed by atoms with Crippen LogP contribution in [-0.4, -0.2) is 22.5 Å². The van der Waals surface area contributed by atoms with Crippen LogP contribution in [0.1, 0.15) is 38.4 Å². The molecule has 0 radical (unpaired) electrons. The van der Waals surface area contributed by atoms with Crippen LogP contribution in [0.3, 0.4) is 0 Å². The van der Waals surface area contributed by atoms with Crippen molar-refractivity contribution in [2.45, 2.75) is 32.6 Å². The van der Waals surface area contributed by atoms with Crippen molar-refractivity contribution >= 4 is 11.5 Å². The Labute approximate surface area is 101 Å². The summed E-state index contributed by atoms with van der Waals surface area (Å²) < 4.78 is 4.97. The van der Waals surface area contributed by atoms with Gasteiger partial charge in [0.2, 0.25) is 0 Å². The van der Waals surface area contributed by atoms with Gasteiger partial charge in [0.05, 0.1) is 6.61 Å². The Kier molecular flexibility index (Phi) is 3.96. The summed E-state index contributed by atoms with van der Waals surface area (Å²) in [6.07, 6.45) is 9.28. The number of ether oxygens (including phenoxy) is 1. The number of H-pyrrole nitrogens is 1. The highest BCUT2D eigenvalue weighted by molar-refractivity contribution is 5.70. The molecule has 1 aliphatic rings. The molecule has 0 bridgehead atoms. The fourth-order valence-corrected chi connectivity index (χ4v) is 2.19. The second-order valence-electron chi connectivity index (χ2n) is 4.32. The lowest BCUT2D eigenvalue weighted by molar-refractivity contribution is -0.144. The van der Waals surface area contributed by atoms with E-state index in [2.05, 4.69) is 16.0 Å². The number of hydrogen-bond acceptors (Lipinski definition) is 3. The van der Waals surface area contributed by atoms with Crippen LogP contribution in [0.4, 0.5) is 0 Å². The van der Waals surface area contributed by atoms with E-state index in [1.165, 1.54) is 5.57 Å². The van der Waals surface area contributed by atoms with E-state index in [9.17, 15) is 4.79 Å². The average molecular weight is 234 g/mol. The Bertz CT molecular complexity index is 396. The Morgan fingerprint density at radius 3 is 3.12 bits per heavy atom. The molecule has 1 N–H and O–H groups in total. The SMILES string of the molecule is CCOC(=O)CC1CC=C(c2ncc[nH]2)CC1. The van der Waals surface area contributed by atoms with E-state index in [1.807, 2.05) is 13.1 Å². The summed E-state index contributed by atoms with van der Waals surface area (Å²) in [7, 11) is 0. The van der Waals surface area contributed by atoms with Crippen LogP contribution in [0, 0.1) is 5.92 Å². The van der Waals surface area contributed by atoms with Gasteiger partial charge in [0.25, 0.3) is 0 Å². The van der Waals surface area contributed by atoms with Crippen LogP contribution in [0.15, 0.2) is 18.5 Å². The van der Waals surface area contributed by atoms with Crippen LogP contribution in [0.25, 0.3) is 5.57 Å². The number of nitrogens with one attached hydrogen (secondary N) is 1. The lowest BCUT2D eigenvalue weighted by Gasteiger charge is -2.20. The summed E-state index contributed by atoms with van der Waals surface area (Å²) in [5.74, 6) is 1.31. The minimum Gasteiger partial charge on any atom is -0.466 e. The Morgan fingerprint density at radius 2 is 2.53 bits per heavy atom. The zero-order chi connectivity index (χ0) is 12.1. The zero-order valence-electron chi connectivity index (χ0n) is 10.1. The molecule has 1 atom stereocenters. The van der Waals surface area contributed by atoms with Gasteiger partial charge in [-0.15, -0.1) is 0 Å². The molecular weight excluding hydrogens is 216 g/mol. The van der Waals surface area contributed by atoms with Crippen LogP contribution in [0.2, 0.25) is 0 Å². The van der Waals surface area contributed by atoms with Gasteiger partial charge in [-0.2, -0.15) is 0 Å². The minimum absolute atomic E-state index is 0.0765. The van der Waals surface area contributed by atoms with E-state index in [-0.39, 0.29) is 5.97 Å². The predicted molar refractivity (Wildman–Crippen MR) is 65.2 cm³/mol. The van der Waals surface area contributed by atoms with E-state index in [0.29, 0.717) is 18.9 Å². The fourth-order valence-electron chi connectivity index (χ4n) is 2.19. The van der Waals surface area contributed by atoms with E-state index < -0.39 is 0 Å². The van der Waals surface area contributed by atoms with Gasteiger partial charge >= 0.3 is 5.97 Å². The van der Waals surface area contributed by atoms with Gasteiger partial charge < -0.3 is 9.72 Å². The molecule has 1 unspecified atom stereocenters. The van der Waals surface area contributed by atoms with Crippen LogP contribution < -0.4 is 0 Å². The lowest BCUT2D eigenvalue weighted by atomic mass is 9.87. The van der Waals surface area contributed by atoms with Crippen LogP contribution >= 0.6 is 0 Å². The van der Waals surface area contributed by atoms with Crippen molar-refractivity contribution < 1.29 is 9.53 Å². The normalized spacial score (nSPS) is 19.8. The van der Waals surface area contributed by atoms with Gasteiger partial charge in [0, 0.05) is 18.8 Å². The maximum atomic E-state index is 11.4. The molecule has 92 valence electrons. The molecule has 0 aliphatic heterocycles. The van der Waals surface area contributed by atoms with Crippen LogP contribution in [-0.2, 0) is 9.53 Å². The van der Waals surface area contributed by atoms with Gasteiger partial charge in [0.15, 0.2) is 0 Å². The maximum absolute atomic E-state index is 11.4. The molecule has 1 aromatic rings. The molecule has 0 amide bonds. The molecule has 0 aromatic carbocycles. The number of carbonyl (C=O) groups is 1. The Hall–Kier alpha value is -1.58. The average Bonchev–Trinajstić information content (AvgIpc) is 2.84. The summed E-state index contributed by atoms with van der Waals surface area (Å²) in [6.45, 7) is 2.31. The number of aromatic nitrogens is 2. The molecule has 4 nitrogen and oxygen atoms in total. The first-order valence-electron chi connectivity index (χ1n) is 6.14. The van der Waals surface area contributed by atoms with Crippen molar-refractivity contribution in [3.8, 4) is 0 Å². The highest BCUT2D eigenvalue weighted by Gasteiger charge is 2.19. The molecule has 1 aromatic heterocycles. The van der Waals surface area contributed by atoms with Crippen molar-refractivity contribution in [1.29, 1.82) is 0 Å². The van der Waals surface area contributed by atoms with Crippen LogP contribution in [0.5, 0.6) is 0 Å². The van der Waals surface area contributed by atoms with Crippen molar-refractivity contribution in [3.05, 3.63) is 24.3 Å². The molecule has 1 aliphatic carbocycles. The third kappa shape index (κ3) is 3.19. The summed E-state index contributed by atoms with van der Waals surface area (Å²) in [4.78, 5) is 18.7. The van der Waals surface area contributed by atoms with Gasteiger partial charge in [-0.1, -0.05) is 6.08 Å². The summed E-state index contributed by atoms with van der Waals surface area (Å²) in [5, 5.41) is 0. The largest absolute Gasteiger partial charge is 0.466 e. The second-order valence-corrected chi connectivity index (χ2v) is 4.32. The maximum Gasteiger partial charge on any atom is 0.306 e. The van der Waals surface area contributed by atoms with Crippen molar-refractivity contribution in [3.63, 3.8) is 0 Å². The first-order chi connectivity index (χ1) is 8.29. The first-order valence-corrected chi connectivity index (χ1v) is 6.14. The standard InChI is InChI=1S/C13H18N2O2/c1-2-17-12(16)9-10-3-5-11(6-4-10)13-14-7-8-15-13/h5,7-8,10H,2-4,6,9H2,1H3,(H,14,15). The molecular formula is C13H18N2O2. The summed E-state index contributed by atoms with van der Waals surface area (Å²) in [5.41, 5.74) is 1.26. The highest BCUT2D eigenvalue weighted by Crippen LogP contribution is 2.30. The number of esters is 1. The van der Waals surface area contributed by atoms with E-state index in [0.717, 1.165) is 25.1 Å². The number of aromatic amines is 1. The molecule has 4 heteroatoms. The van der Waals surface area contributed by atoms with Gasteiger partial charge in [-0.3, -0.25) is 4.79 Å². The van der Waals surface area contributed by atoms with E-state index in [4.69, 9.17) is 4.74 Å². The predicted octanol–water partition coefficient (Wildman–Crippen LogP) is 2.55. The van der Waals surface area contributed by atoms with Crippen molar-refractivity contribution in [1.82, 2.24) is 9.97 Å². The fraction of sp³-hybridized carbons (Fsp3) is 0.538. The first kappa shape index (κ1) is 11.9. The van der Waals surface area contributed by atoms with Gasteiger partial charge in [0.1, 0.15) is 5.82 Å². The number of imidazole rings is 1. The number of carbonyl (C=O) groups excluding carboxylic acids is 1. The zero-order valence-corrected chi connectivity index (χ0v) is 10.1. The lowest BCUT2D eigenvalue weighted by Crippen LogP contribution is -2.13. The van der Waals surface area contributed by atoms with Gasteiger partial charge in [-0.25, -0.2) is 4.98 Å². The second kappa shape index (κ2) is 5.66. The topological polar surface area (TPSA) is 55.0 Å². The summed E-state index contributed by atoms with van der Waals surface area (Å²) >= 11 is 0. The number of hydrogen-bond donors (Lipinski definition) is 1. The number of nitrogens with zero attached hydrogens (tertiary/aromatic N) is 1. The molecule has 0 fully saturated rings. The smallest absolute Gasteiger partial charge is 0.306 e. The van der Waals surface area contributed by atoms with E-state index >= 15 is 0 Å². The quantitative estimate of drug-likeness (QED) is 0.814. The molecule has 2 rings (SSSR count). The third-order valence-corrected chi connectivity index (χ3v) is 3.08. The monoisotopic (exact) mass is 234 g/mol. The molecule has 0 saturated heterocycles. The minimum atomic E-state index is -0.0765. The van der Waals surface area contributed by atoms with Crippen molar-refractivity contribution in [2.75, 3.05) is 6.61 Å². The van der Waals surface area contributed by atoms with Crippen molar-refractivity contribution in [2.24, 2.45) is 5.92 Å². The molecule has 0 spiro atoms. The third-order valence-electron chi connectivity index (χ3n) is 3.08. The van der Waals surface area contributed by atoms with E-state index in [1.54, 1.807) is 6.20 Å². The van der Waals surface area contributed by atoms with Gasteiger partial charge in [-0.05, 0) is 37.7 Å². The molecule has 17 heavy (non-hydrogen) atoms. The number of allylic oxidation sites excluding steroid dienone is 2. The highest BCUT2D eigenvalue weighted by atomic mass is 16.5.